The van der Waals surface area contributed by atoms with Gasteiger partial charge in [0.15, 0.2) is 0 Å². The first-order valence-corrected chi connectivity index (χ1v) is 10.4. The molecule has 0 unspecified atom stereocenters. The van der Waals surface area contributed by atoms with E-state index < -0.39 is 0 Å². The van der Waals surface area contributed by atoms with Gasteiger partial charge in [-0.2, -0.15) is 5.10 Å². The van der Waals surface area contributed by atoms with Crippen LogP contribution < -0.4 is 5.32 Å². The molecule has 1 aromatic heterocycles. The molecule has 1 N–H and O–H groups in total. The van der Waals surface area contributed by atoms with Crippen molar-refractivity contribution in [3.8, 4) is 11.1 Å². The summed E-state index contributed by atoms with van der Waals surface area (Å²) in [6, 6.07) is 11.5. The maximum Gasteiger partial charge on any atom is 0.305 e. The van der Waals surface area contributed by atoms with Crippen LogP contribution in [0.2, 0.25) is 0 Å². The number of rotatable bonds is 6. The molecular weight excluding hydrogens is 362 g/mol. The van der Waals surface area contributed by atoms with E-state index in [1.807, 2.05) is 17.9 Å². The van der Waals surface area contributed by atoms with E-state index in [1.165, 1.54) is 60.7 Å². The fourth-order valence-electron chi connectivity index (χ4n) is 4.34. The predicted octanol–water partition coefficient (Wildman–Crippen LogP) is 5.01. The van der Waals surface area contributed by atoms with Crippen LogP contribution in [0.4, 0.5) is 5.69 Å². The Bertz CT molecular complexity index is 1030. The zero-order chi connectivity index (χ0) is 20.4. The summed E-state index contributed by atoms with van der Waals surface area (Å²) >= 11 is 0. The summed E-state index contributed by atoms with van der Waals surface area (Å²) in [4.78, 5) is 11.7. The molecule has 0 aliphatic heterocycles. The van der Waals surface area contributed by atoms with Crippen LogP contribution >= 0.6 is 0 Å². The van der Waals surface area contributed by atoms with Gasteiger partial charge in [-0.3, -0.25) is 9.48 Å². The van der Waals surface area contributed by atoms with Crippen molar-refractivity contribution >= 4 is 22.6 Å². The van der Waals surface area contributed by atoms with E-state index in [4.69, 9.17) is 4.74 Å². The van der Waals surface area contributed by atoms with E-state index in [9.17, 15) is 4.79 Å². The molecule has 0 saturated heterocycles. The molecule has 5 heteroatoms. The average Bonchev–Trinajstić information content (AvgIpc) is 3.36. The Hall–Kier alpha value is -2.82. The molecule has 4 rings (SSSR count). The number of esters is 1. The SMILES string of the molecule is COC(=O)CCc1cc(-c2ccc3c(cnn3C)c2)c(NC2CCCC2)cc1C. The largest absolute Gasteiger partial charge is 0.469 e. The minimum Gasteiger partial charge on any atom is -0.469 e. The van der Waals surface area contributed by atoms with Crippen LogP contribution in [0.3, 0.4) is 0 Å². The van der Waals surface area contributed by atoms with Gasteiger partial charge < -0.3 is 10.1 Å². The second-order valence-corrected chi connectivity index (χ2v) is 8.07. The maximum absolute atomic E-state index is 11.7. The van der Waals surface area contributed by atoms with Crippen molar-refractivity contribution in [1.82, 2.24) is 9.78 Å². The predicted molar refractivity (Wildman–Crippen MR) is 117 cm³/mol. The number of fused-ring (bicyclic) bond motifs is 1. The highest BCUT2D eigenvalue weighted by Gasteiger charge is 2.18. The number of hydrogen-bond donors (Lipinski definition) is 1. The van der Waals surface area contributed by atoms with E-state index in [1.54, 1.807) is 0 Å². The quantitative estimate of drug-likeness (QED) is 0.600. The molecule has 1 aliphatic carbocycles. The molecule has 0 amide bonds. The number of nitrogens with zero attached hydrogens (tertiary/aromatic N) is 2. The Kier molecular flexibility index (Phi) is 5.56. The summed E-state index contributed by atoms with van der Waals surface area (Å²) in [5, 5.41) is 9.30. The highest BCUT2D eigenvalue weighted by Crippen LogP contribution is 2.35. The fourth-order valence-corrected chi connectivity index (χ4v) is 4.34. The minimum atomic E-state index is -0.170. The number of ether oxygens (including phenoxy) is 1. The second-order valence-electron chi connectivity index (χ2n) is 8.07. The lowest BCUT2D eigenvalue weighted by Crippen LogP contribution is -2.15. The minimum absolute atomic E-state index is 0.170. The number of nitrogens with one attached hydrogen (secondary N) is 1. The molecular formula is C24H29N3O2. The lowest BCUT2D eigenvalue weighted by molar-refractivity contribution is -0.140. The molecule has 0 atom stereocenters. The third-order valence-corrected chi connectivity index (χ3v) is 6.07. The topological polar surface area (TPSA) is 56.1 Å². The average molecular weight is 392 g/mol. The van der Waals surface area contributed by atoms with Gasteiger partial charge in [0, 0.05) is 36.1 Å². The van der Waals surface area contributed by atoms with Gasteiger partial charge in [-0.05, 0) is 67.1 Å². The standard InChI is InChI=1S/C24H29N3O2/c1-16-12-22(26-20-6-4-5-7-20)21(14-17(16)9-11-24(28)29-3)18-8-10-23-19(13-18)15-25-27(23)2/h8,10,12-15,20,26H,4-7,9,11H2,1-3H3. The van der Waals surface area contributed by atoms with Crippen molar-refractivity contribution < 1.29 is 9.53 Å². The normalized spacial score (nSPS) is 14.4. The van der Waals surface area contributed by atoms with Gasteiger partial charge in [-0.15, -0.1) is 0 Å². The summed E-state index contributed by atoms with van der Waals surface area (Å²) < 4.78 is 6.73. The number of aryl methyl sites for hydroxylation is 3. The molecule has 1 aliphatic rings. The van der Waals surface area contributed by atoms with Crippen molar-refractivity contribution in [1.29, 1.82) is 0 Å². The van der Waals surface area contributed by atoms with Crippen LogP contribution in [0.25, 0.3) is 22.0 Å². The van der Waals surface area contributed by atoms with Crippen LogP contribution in [-0.4, -0.2) is 28.9 Å². The molecule has 0 bridgehead atoms. The van der Waals surface area contributed by atoms with Crippen molar-refractivity contribution in [3.05, 3.63) is 47.7 Å². The van der Waals surface area contributed by atoms with Crippen LogP contribution in [0.5, 0.6) is 0 Å². The highest BCUT2D eigenvalue weighted by molar-refractivity contribution is 5.88. The molecule has 1 heterocycles. The summed E-state index contributed by atoms with van der Waals surface area (Å²) in [5.74, 6) is -0.170. The molecule has 3 aromatic rings. The zero-order valence-corrected chi connectivity index (χ0v) is 17.5. The Labute approximate surface area is 172 Å². The van der Waals surface area contributed by atoms with Crippen LogP contribution in [0.15, 0.2) is 36.5 Å². The third kappa shape index (κ3) is 4.14. The molecule has 0 radical (unpaired) electrons. The van der Waals surface area contributed by atoms with Crippen LogP contribution in [-0.2, 0) is 23.0 Å². The monoisotopic (exact) mass is 391 g/mol. The van der Waals surface area contributed by atoms with Crippen molar-refractivity contribution in [2.24, 2.45) is 7.05 Å². The molecule has 0 spiro atoms. The van der Waals surface area contributed by atoms with Crippen molar-refractivity contribution in [3.63, 3.8) is 0 Å². The second kappa shape index (κ2) is 8.27. The highest BCUT2D eigenvalue weighted by atomic mass is 16.5. The van der Waals surface area contributed by atoms with E-state index in [0.29, 0.717) is 18.9 Å². The number of anilines is 1. The summed E-state index contributed by atoms with van der Waals surface area (Å²) in [6.07, 6.45) is 8.04. The lowest BCUT2D eigenvalue weighted by Gasteiger charge is -2.20. The van der Waals surface area contributed by atoms with Gasteiger partial charge in [-0.1, -0.05) is 18.9 Å². The Morgan fingerprint density at radius 3 is 2.79 bits per heavy atom. The smallest absolute Gasteiger partial charge is 0.305 e. The van der Waals surface area contributed by atoms with Gasteiger partial charge >= 0.3 is 5.97 Å². The number of methoxy groups -OCH3 is 1. The van der Waals surface area contributed by atoms with E-state index >= 15 is 0 Å². The van der Waals surface area contributed by atoms with Crippen LogP contribution in [0.1, 0.15) is 43.2 Å². The van der Waals surface area contributed by atoms with Gasteiger partial charge in [0.05, 0.1) is 18.8 Å². The molecule has 29 heavy (non-hydrogen) atoms. The first kappa shape index (κ1) is 19.5. The van der Waals surface area contributed by atoms with Gasteiger partial charge in [-0.25, -0.2) is 0 Å². The van der Waals surface area contributed by atoms with Gasteiger partial charge in [0.2, 0.25) is 0 Å². The summed E-state index contributed by atoms with van der Waals surface area (Å²) in [5.41, 5.74) is 7.06. The number of carbonyl (C=O) groups excluding carboxylic acids is 1. The first-order valence-electron chi connectivity index (χ1n) is 10.4. The van der Waals surface area contributed by atoms with Crippen LogP contribution in [0, 0.1) is 6.92 Å². The van der Waals surface area contributed by atoms with Crippen molar-refractivity contribution in [2.45, 2.75) is 51.5 Å². The zero-order valence-electron chi connectivity index (χ0n) is 17.5. The molecule has 5 nitrogen and oxygen atoms in total. The molecule has 1 saturated carbocycles. The summed E-state index contributed by atoms with van der Waals surface area (Å²) in [7, 11) is 3.41. The molecule has 2 aromatic carbocycles. The Morgan fingerprint density at radius 2 is 2.03 bits per heavy atom. The number of hydrogen-bond acceptors (Lipinski definition) is 4. The van der Waals surface area contributed by atoms with E-state index in [2.05, 4.69) is 47.7 Å². The fraction of sp³-hybridized carbons (Fsp3) is 0.417. The molecule has 1 fully saturated rings. The number of aromatic nitrogens is 2. The number of carbonyl (C=O) groups is 1. The first-order chi connectivity index (χ1) is 14.0. The Balaban J connectivity index is 1.74. The maximum atomic E-state index is 11.7. The Morgan fingerprint density at radius 1 is 1.24 bits per heavy atom. The lowest BCUT2D eigenvalue weighted by atomic mass is 9.94. The molecule has 152 valence electrons. The van der Waals surface area contributed by atoms with Crippen molar-refractivity contribution in [2.75, 3.05) is 12.4 Å². The third-order valence-electron chi connectivity index (χ3n) is 6.07. The van der Waals surface area contributed by atoms with E-state index in [-0.39, 0.29) is 5.97 Å². The van der Waals surface area contributed by atoms with Gasteiger partial charge in [0.25, 0.3) is 0 Å². The number of benzene rings is 2. The van der Waals surface area contributed by atoms with Gasteiger partial charge in [0.1, 0.15) is 0 Å². The van der Waals surface area contributed by atoms with E-state index in [0.717, 1.165) is 10.9 Å². The summed E-state index contributed by atoms with van der Waals surface area (Å²) in [6.45, 7) is 2.13.